The SMILES string of the molecule is COc1cc(N2CC[C@@H](OC)[C@@H]2Cc2cnn(C)c2)ncn1. The van der Waals surface area contributed by atoms with Gasteiger partial charge >= 0.3 is 0 Å². The van der Waals surface area contributed by atoms with Crippen LogP contribution in [0, 0.1) is 0 Å². The number of methoxy groups -OCH3 is 2. The Hall–Kier alpha value is -2.15. The second-order valence-corrected chi connectivity index (χ2v) is 5.47. The average molecular weight is 303 g/mol. The molecule has 1 aliphatic heterocycles. The summed E-state index contributed by atoms with van der Waals surface area (Å²) in [6.45, 7) is 0.906. The van der Waals surface area contributed by atoms with Crippen LogP contribution in [0.3, 0.4) is 0 Å². The zero-order valence-electron chi connectivity index (χ0n) is 13.1. The summed E-state index contributed by atoms with van der Waals surface area (Å²) in [7, 11) is 5.31. The van der Waals surface area contributed by atoms with E-state index in [2.05, 4.69) is 20.0 Å². The first-order valence-corrected chi connectivity index (χ1v) is 7.34. The van der Waals surface area contributed by atoms with Gasteiger partial charge in [-0.15, -0.1) is 0 Å². The lowest BCUT2D eigenvalue weighted by Crippen LogP contribution is -2.38. The zero-order valence-corrected chi connectivity index (χ0v) is 13.1. The first kappa shape index (κ1) is 14.8. The van der Waals surface area contributed by atoms with Crippen molar-refractivity contribution in [2.45, 2.75) is 25.0 Å². The van der Waals surface area contributed by atoms with Gasteiger partial charge in [-0.3, -0.25) is 4.68 Å². The molecule has 118 valence electrons. The quantitative estimate of drug-likeness (QED) is 0.823. The minimum Gasteiger partial charge on any atom is -0.481 e. The Balaban J connectivity index is 1.84. The van der Waals surface area contributed by atoms with Crippen LogP contribution in [0.25, 0.3) is 0 Å². The summed E-state index contributed by atoms with van der Waals surface area (Å²) < 4.78 is 12.7. The third kappa shape index (κ3) is 2.89. The molecule has 0 amide bonds. The summed E-state index contributed by atoms with van der Waals surface area (Å²) in [4.78, 5) is 10.7. The Labute approximate surface area is 129 Å². The van der Waals surface area contributed by atoms with Crippen LogP contribution >= 0.6 is 0 Å². The van der Waals surface area contributed by atoms with Crippen molar-refractivity contribution in [1.29, 1.82) is 0 Å². The largest absolute Gasteiger partial charge is 0.481 e. The van der Waals surface area contributed by atoms with E-state index in [1.165, 1.54) is 11.9 Å². The molecule has 2 aromatic rings. The topological polar surface area (TPSA) is 65.3 Å². The molecule has 7 heteroatoms. The Bertz CT molecular complexity index is 630. The summed E-state index contributed by atoms with van der Waals surface area (Å²) in [5, 5.41) is 4.25. The Kier molecular flexibility index (Phi) is 4.24. The van der Waals surface area contributed by atoms with Gasteiger partial charge < -0.3 is 14.4 Å². The van der Waals surface area contributed by atoms with E-state index in [0.29, 0.717) is 5.88 Å². The van der Waals surface area contributed by atoms with Gasteiger partial charge in [0.25, 0.3) is 0 Å². The van der Waals surface area contributed by atoms with Gasteiger partial charge in [0.15, 0.2) is 0 Å². The molecule has 7 nitrogen and oxygen atoms in total. The number of rotatable bonds is 5. The maximum absolute atomic E-state index is 5.67. The number of hydrogen-bond donors (Lipinski definition) is 0. The Morgan fingerprint density at radius 3 is 2.86 bits per heavy atom. The van der Waals surface area contributed by atoms with E-state index in [1.54, 1.807) is 14.2 Å². The van der Waals surface area contributed by atoms with Crippen LogP contribution in [0.15, 0.2) is 24.8 Å². The number of hydrogen-bond acceptors (Lipinski definition) is 6. The van der Waals surface area contributed by atoms with Crippen molar-refractivity contribution in [1.82, 2.24) is 19.7 Å². The Morgan fingerprint density at radius 2 is 2.18 bits per heavy atom. The number of nitrogens with zero attached hydrogens (tertiary/aromatic N) is 5. The van der Waals surface area contributed by atoms with E-state index < -0.39 is 0 Å². The monoisotopic (exact) mass is 303 g/mol. The third-order valence-corrected chi connectivity index (χ3v) is 4.12. The normalized spacial score (nSPS) is 21.3. The van der Waals surface area contributed by atoms with Gasteiger partial charge in [0.1, 0.15) is 12.1 Å². The highest BCUT2D eigenvalue weighted by Crippen LogP contribution is 2.29. The summed E-state index contributed by atoms with van der Waals surface area (Å²) in [5.41, 5.74) is 1.20. The summed E-state index contributed by atoms with van der Waals surface area (Å²) in [6, 6.07) is 2.10. The molecule has 0 radical (unpaired) electrons. The number of anilines is 1. The molecule has 3 heterocycles. The minimum atomic E-state index is 0.182. The second kappa shape index (κ2) is 6.31. The molecular weight excluding hydrogens is 282 g/mol. The fourth-order valence-corrected chi connectivity index (χ4v) is 3.04. The summed E-state index contributed by atoms with van der Waals surface area (Å²) in [5.74, 6) is 1.45. The van der Waals surface area contributed by atoms with Crippen molar-refractivity contribution < 1.29 is 9.47 Å². The fraction of sp³-hybridized carbons (Fsp3) is 0.533. The van der Waals surface area contributed by atoms with Crippen LogP contribution in [0.5, 0.6) is 5.88 Å². The van der Waals surface area contributed by atoms with Crippen LogP contribution in [0.4, 0.5) is 5.82 Å². The van der Waals surface area contributed by atoms with E-state index in [9.17, 15) is 0 Å². The maximum Gasteiger partial charge on any atom is 0.218 e. The predicted molar refractivity (Wildman–Crippen MR) is 82.0 cm³/mol. The molecule has 0 spiro atoms. The highest BCUT2D eigenvalue weighted by molar-refractivity contribution is 5.44. The first-order valence-electron chi connectivity index (χ1n) is 7.34. The van der Waals surface area contributed by atoms with E-state index >= 15 is 0 Å². The zero-order chi connectivity index (χ0) is 15.5. The molecule has 0 bridgehead atoms. The van der Waals surface area contributed by atoms with Gasteiger partial charge in [0, 0.05) is 33.0 Å². The molecule has 2 atom stereocenters. The third-order valence-electron chi connectivity index (χ3n) is 4.12. The molecular formula is C15H21N5O2. The lowest BCUT2D eigenvalue weighted by Gasteiger charge is -2.28. The van der Waals surface area contributed by atoms with Crippen LogP contribution in [-0.2, 0) is 18.2 Å². The fourth-order valence-electron chi connectivity index (χ4n) is 3.04. The van der Waals surface area contributed by atoms with E-state index in [-0.39, 0.29) is 12.1 Å². The first-order chi connectivity index (χ1) is 10.7. The van der Waals surface area contributed by atoms with Crippen molar-refractivity contribution in [2.75, 3.05) is 25.7 Å². The molecule has 1 aliphatic rings. The van der Waals surface area contributed by atoms with Crippen LogP contribution in [0.1, 0.15) is 12.0 Å². The highest BCUT2D eigenvalue weighted by Gasteiger charge is 2.35. The molecule has 1 saturated heterocycles. The van der Waals surface area contributed by atoms with Gasteiger partial charge in [0.05, 0.1) is 25.5 Å². The van der Waals surface area contributed by atoms with Crippen molar-refractivity contribution in [3.05, 3.63) is 30.4 Å². The van der Waals surface area contributed by atoms with Gasteiger partial charge in [-0.2, -0.15) is 5.10 Å². The second-order valence-electron chi connectivity index (χ2n) is 5.47. The Morgan fingerprint density at radius 1 is 1.32 bits per heavy atom. The van der Waals surface area contributed by atoms with Gasteiger partial charge in [-0.25, -0.2) is 9.97 Å². The highest BCUT2D eigenvalue weighted by atomic mass is 16.5. The summed E-state index contributed by atoms with van der Waals surface area (Å²) in [6.07, 6.45) is 7.52. The lowest BCUT2D eigenvalue weighted by molar-refractivity contribution is 0.0953. The van der Waals surface area contributed by atoms with Crippen molar-refractivity contribution >= 4 is 5.82 Å². The molecule has 3 rings (SSSR count). The molecule has 1 fully saturated rings. The molecule has 0 saturated carbocycles. The maximum atomic E-state index is 5.67. The standard InChI is InChI=1S/C15H21N5O2/c1-19-9-11(8-18-19)6-12-13(21-2)4-5-20(12)14-7-15(22-3)17-10-16-14/h7-10,12-13H,4-6H2,1-3H3/t12-,13+/m0/s1. The number of aromatic nitrogens is 4. The smallest absolute Gasteiger partial charge is 0.218 e. The molecule has 0 aromatic carbocycles. The molecule has 0 N–H and O–H groups in total. The average Bonchev–Trinajstić information content (AvgIpc) is 3.14. The van der Waals surface area contributed by atoms with E-state index in [0.717, 1.165) is 25.2 Å². The molecule has 0 aliphatic carbocycles. The van der Waals surface area contributed by atoms with Crippen molar-refractivity contribution in [3.63, 3.8) is 0 Å². The predicted octanol–water partition coefficient (Wildman–Crippen LogP) is 1.06. The van der Waals surface area contributed by atoms with E-state index in [4.69, 9.17) is 9.47 Å². The minimum absolute atomic E-state index is 0.182. The molecule has 2 aromatic heterocycles. The van der Waals surface area contributed by atoms with Crippen LogP contribution < -0.4 is 9.64 Å². The van der Waals surface area contributed by atoms with Crippen molar-refractivity contribution in [2.24, 2.45) is 7.05 Å². The van der Waals surface area contributed by atoms with Crippen molar-refractivity contribution in [3.8, 4) is 5.88 Å². The number of aryl methyl sites for hydroxylation is 1. The van der Waals surface area contributed by atoms with E-state index in [1.807, 2.05) is 30.2 Å². The van der Waals surface area contributed by atoms with Crippen LogP contribution in [0.2, 0.25) is 0 Å². The summed E-state index contributed by atoms with van der Waals surface area (Å²) >= 11 is 0. The lowest BCUT2D eigenvalue weighted by atomic mass is 10.0. The van der Waals surface area contributed by atoms with Crippen LogP contribution in [-0.4, -0.2) is 52.7 Å². The van der Waals surface area contributed by atoms with Gasteiger partial charge in [-0.05, 0) is 18.4 Å². The molecule has 0 unspecified atom stereocenters. The molecule has 22 heavy (non-hydrogen) atoms. The van der Waals surface area contributed by atoms with Gasteiger partial charge in [-0.1, -0.05) is 0 Å². The van der Waals surface area contributed by atoms with Gasteiger partial charge in [0.2, 0.25) is 5.88 Å². The number of ether oxygens (including phenoxy) is 2.